The van der Waals surface area contributed by atoms with Crippen molar-refractivity contribution in [2.24, 2.45) is 0 Å². The lowest BCUT2D eigenvalue weighted by Gasteiger charge is -2.12. The van der Waals surface area contributed by atoms with Gasteiger partial charge in [0.2, 0.25) is 5.91 Å². The van der Waals surface area contributed by atoms with Gasteiger partial charge in [-0.2, -0.15) is 0 Å². The maximum Gasteiger partial charge on any atom is 0.329 e. The molecule has 0 radical (unpaired) electrons. The summed E-state index contributed by atoms with van der Waals surface area (Å²) in [7, 11) is 1.50. The molecule has 2 N–H and O–H groups in total. The molecule has 1 heterocycles. The first-order valence-corrected chi connectivity index (χ1v) is 8.80. The molecule has 0 unspecified atom stereocenters. The zero-order chi connectivity index (χ0) is 20.3. The molecule has 0 atom stereocenters. The van der Waals surface area contributed by atoms with Crippen molar-refractivity contribution in [2.45, 2.75) is 6.92 Å². The number of aryl methyl sites for hydroxylation is 1. The monoisotopic (exact) mass is 399 g/mol. The molecule has 3 rings (SSSR count). The lowest BCUT2D eigenvalue weighted by molar-refractivity contribution is -0.127. The number of nitrogens with one attached hydrogen (secondary N) is 2. The maximum atomic E-state index is 12.5. The lowest BCUT2D eigenvalue weighted by Crippen LogP contribution is -2.38. The van der Waals surface area contributed by atoms with Crippen molar-refractivity contribution in [3.63, 3.8) is 0 Å². The predicted molar refractivity (Wildman–Crippen MR) is 106 cm³/mol. The number of hydrogen-bond acceptors (Lipinski definition) is 4. The van der Waals surface area contributed by atoms with Gasteiger partial charge in [0.25, 0.3) is 5.91 Å². The van der Waals surface area contributed by atoms with Gasteiger partial charge in [-0.25, -0.2) is 9.69 Å². The van der Waals surface area contributed by atoms with Gasteiger partial charge in [0.15, 0.2) is 0 Å². The summed E-state index contributed by atoms with van der Waals surface area (Å²) in [6.45, 7) is 1.51. The third-order valence-corrected chi connectivity index (χ3v) is 4.35. The number of anilines is 1. The Hall–Kier alpha value is -3.32. The van der Waals surface area contributed by atoms with E-state index in [1.54, 1.807) is 36.4 Å². The Morgan fingerprint density at radius 3 is 2.71 bits per heavy atom. The molecule has 0 aromatic heterocycles. The minimum absolute atomic E-state index is 0.0644. The van der Waals surface area contributed by atoms with Crippen molar-refractivity contribution < 1.29 is 19.1 Å². The molecule has 0 saturated carbocycles. The Morgan fingerprint density at radius 1 is 1.25 bits per heavy atom. The topological polar surface area (TPSA) is 87.7 Å². The van der Waals surface area contributed by atoms with Crippen LogP contribution in [0.2, 0.25) is 5.02 Å². The van der Waals surface area contributed by atoms with Crippen LogP contribution in [0, 0.1) is 6.92 Å². The highest BCUT2D eigenvalue weighted by Crippen LogP contribution is 2.26. The number of amides is 4. The molecule has 1 aliphatic heterocycles. The van der Waals surface area contributed by atoms with Gasteiger partial charge in [0.05, 0.1) is 12.1 Å². The van der Waals surface area contributed by atoms with E-state index in [1.807, 2.05) is 13.0 Å². The second-order valence-electron chi connectivity index (χ2n) is 6.19. The molecule has 0 spiro atoms. The summed E-state index contributed by atoms with van der Waals surface area (Å²) < 4.78 is 5.08. The molecule has 144 valence electrons. The van der Waals surface area contributed by atoms with Crippen molar-refractivity contribution in [2.75, 3.05) is 19.0 Å². The van der Waals surface area contributed by atoms with Crippen LogP contribution in [-0.4, -0.2) is 36.4 Å². The SMILES string of the molecule is COc1ccc(C=C2NC(=O)N(CC(=O)Nc3cccc(C)c3)C2=O)cc1Cl. The van der Waals surface area contributed by atoms with E-state index in [-0.39, 0.29) is 12.2 Å². The second-order valence-corrected chi connectivity index (χ2v) is 6.60. The van der Waals surface area contributed by atoms with Crippen molar-refractivity contribution in [1.29, 1.82) is 0 Å². The lowest BCUT2D eigenvalue weighted by atomic mass is 10.2. The highest BCUT2D eigenvalue weighted by atomic mass is 35.5. The highest BCUT2D eigenvalue weighted by Gasteiger charge is 2.34. The minimum atomic E-state index is -0.657. The number of urea groups is 1. The molecule has 1 saturated heterocycles. The van der Waals surface area contributed by atoms with E-state index in [0.29, 0.717) is 22.0 Å². The molecule has 2 aromatic carbocycles. The van der Waals surface area contributed by atoms with Gasteiger partial charge < -0.3 is 15.4 Å². The zero-order valence-corrected chi connectivity index (χ0v) is 16.0. The third-order valence-electron chi connectivity index (χ3n) is 4.05. The van der Waals surface area contributed by atoms with Crippen LogP contribution in [0.3, 0.4) is 0 Å². The number of carbonyl (C=O) groups excluding carboxylic acids is 3. The Kier molecular flexibility index (Phi) is 5.65. The molecule has 0 bridgehead atoms. The van der Waals surface area contributed by atoms with Crippen LogP contribution in [-0.2, 0) is 9.59 Å². The summed E-state index contributed by atoms with van der Waals surface area (Å²) in [4.78, 5) is 37.7. The van der Waals surface area contributed by atoms with Gasteiger partial charge in [0.1, 0.15) is 18.0 Å². The average Bonchev–Trinajstić information content (AvgIpc) is 2.89. The fourth-order valence-corrected chi connectivity index (χ4v) is 2.99. The first-order chi connectivity index (χ1) is 13.4. The zero-order valence-electron chi connectivity index (χ0n) is 15.3. The summed E-state index contributed by atoms with van der Waals surface area (Å²) in [6, 6.07) is 11.5. The number of carbonyl (C=O) groups is 3. The maximum absolute atomic E-state index is 12.5. The van der Waals surface area contributed by atoms with E-state index in [1.165, 1.54) is 13.2 Å². The van der Waals surface area contributed by atoms with Gasteiger partial charge in [0, 0.05) is 5.69 Å². The van der Waals surface area contributed by atoms with Crippen LogP contribution in [0.4, 0.5) is 10.5 Å². The summed E-state index contributed by atoms with van der Waals surface area (Å²) in [5.41, 5.74) is 2.26. The van der Waals surface area contributed by atoms with E-state index in [2.05, 4.69) is 10.6 Å². The van der Waals surface area contributed by atoms with Crippen LogP contribution >= 0.6 is 11.6 Å². The van der Waals surface area contributed by atoms with E-state index in [9.17, 15) is 14.4 Å². The average molecular weight is 400 g/mol. The van der Waals surface area contributed by atoms with Crippen LogP contribution in [0.25, 0.3) is 6.08 Å². The summed E-state index contributed by atoms with van der Waals surface area (Å²) in [5, 5.41) is 5.52. The number of methoxy groups -OCH3 is 1. The quantitative estimate of drug-likeness (QED) is 0.597. The van der Waals surface area contributed by atoms with Crippen molar-refractivity contribution in [3.8, 4) is 5.75 Å². The number of nitrogens with zero attached hydrogens (tertiary/aromatic N) is 1. The summed E-state index contributed by atoms with van der Waals surface area (Å²) in [5.74, 6) is -0.556. The molecule has 1 aliphatic rings. The van der Waals surface area contributed by atoms with Gasteiger partial charge in [-0.1, -0.05) is 29.8 Å². The smallest absolute Gasteiger partial charge is 0.329 e. The van der Waals surface area contributed by atoms with Crippen LogP contribution < -0.4 is 15.4 Å². The fourth-order valence-electron chi connectivity index (χ4n) is 2.72. The number of hydrogen-bond donors (Lipinski definition) is 2. The second kappa shape index (κ2) is 8.14. The Labute approximate surface area is 166 Å². The number of rotatable bonds is 5. The first-order valence-electron chi connectivity index (χ1n) is 8.42. The van der Waals surface area contributed by atoms with Gasteiger partial charge in [-0.15, -0.1) is 0 Å². The molecule has 0 aliphatic carbocycles. The van der Waals surface area contributed by atoms with Crippen LogP contribution in [0.15, 0.2) is 48.2 Å². The largest absolute Gasteiger partial charge is 0.495 e. The van der Waals surface area contributed by atoms with Crippen molar-refractivity contribution in [1.82, 2.24) is 10.2 Å². The molecular formula is C20H18ClN3O4. The number of imide groups is 1. The normalized spacial score (nSPS) is 15.0. The fraction of sp³-hybridized carbons (Fsp3) is 0.150. The van der Waals surface area contributed by atoms with Crippen LogP contribution in [0.5, 0.6) is 5.75 Å². The Bertz CT molecular complexity index is 987. The first kappa shape index (κ1) is 19.4. The molecular weight excluding hydrogens is 382 g/mol. The third kappa shape index (κ3) is 4.32. The highest BCUT2D eigenvalue weighted by molar-refractivity contribution is 6.32. The van der Waals surface area contributed by atoms with E-state index in [4.69, 9.17) is 16.3 Å². The minimum Gasteiger partial charge on any atom is -0.495 e. The molecule has 4 amide bonds. The van der Waals surface area contributed by atoms with E-state index < -0.39 is 17.8 Å². The standard InChI is InChI=1S/C20H18ClN3O4/c1-12-4-3-5-14(8-12)22-18(25)11-24-19(26)16(23-20(24)27)10-13-6-7-17(28-2)15(21)9-13/h3-10H,11H2,1-2H3,(H,22,25)(H,23,27). The number of benzene rings is 2. The molecule has 28 heavy (non-hydrogen) atoms. The number of halogens is 1. The van der Waals surface area contributed by atoms with Gasteiger partial charge in [-0.05, 0) is 48.4 Å². The van der Waals surface area contributed by atoms with E-state index in [0.717, 1.165) is 10.5 Å². The molecule has 7 nitrogen and oxygen atoms in total. The van der Waals surface area contributed by atoms with Crippen LogP contribution in [0.1, 0.15) is 11.1 Å². The summed E-state index contributed by atoms with van der Waals surface area (Å²) >= 11 is 6.08. The van der Waals surface area contributed by atoms with Gasteiger partial charge >= 0.3 is 6.03 Å². The number of ether oxygens (including phenoxy) is 1. The molecule has 2 aromatic rings. The summed E-state index contributed by atoms with van der Waals surface area (Å²) in [6.07, 6.45) is 1.49. The van der Waals surface area contributed by atoms with E-state index >= 15 is 0 Å². The molecule has 8 heteroatoms. The molecule has 1 fully saturated rings. The predicted octanol–water partition coefficient (Wildman–Crippen LogP) is 3.19. The Balaban J connectivity index is 1.71. The van der Waals surface area contributed by atoms with Crippen molar-refractivity contribution in [3.05, 3.63) is 64.3 Å². The Morgan fingerprint density at radius 2 is 2.04 bits per heavy atom. The van der Waals surface area contributed by atoms with Gasteiger partial charge in [-0.3, -0.25) is 9.59 Å². The van der Waals surface area contributed by atoms with Crippen molar-refractivity contribution >= 4 is 41.2 Å².